The van der Waals surface area contributed by atoms with Crippen molar-refractivity contribution in [2.24, 2.45) is 0 Å². The van der Waals surface area contributed by atoms with Gasteiger partial charge in [-0.25, -0.2) is 9.78 Å². The molecule has 0 amide bonds. The number of oxazole rings is 1. The summed E-state index contributed by atoms with van der Waals surface area (Å²) in [6.45, 7) is 1.75. The van der Waals surface area contributed by atoms with Crippen molar-refractivity contribution in [3.63, 3.8) is 0 Å². The number of hydrogen-bond donors (Lipinski definition) is 1. The number of aryl methyl sites for hydroxylation is 1. The zero-order valence-electron chi connectivity index (χ0n) is 9.25. The molecule has 4 nitrogen and oxygen atoms in total. The quantitative estimate of drug-likeness (QED) is 0.822. The number of benzene rings is 1. The smallest absolute Gasteiger partial charge is 0.328 e. The summed E-state index contributed by atoms with van der Waals surface area (Å²) in [5.41, 5.74) is 1.40. The summed E-state index contributed by atoms with van der Waals surface area (Å²) < 4.78 is 5.48. The first-order valence-electron chi connectivity index (χ1n) is 5.10. The van der Waals surface area contributed by atoms with Crippen molar-refractivity contribution in [1.82, 2.24) is 4.98 Å². The molecule has 17 heavy (non-hydrogen) atoms. The number of aromatic nitrogens is 1. The Morgan fingerprint density at radius 1 is 1.35 bits per heavy atom. The minimum Gasteiger partial charge on any atom is -0.478 e. The number of aliphatic carboxylic acids is 1. The molecule has 0 aliphatic carbocycles. The van der Waals surface area contributed by atoms with Crippen molar-refractivity contribution in [2.45, 2.75) is 6.92 Å². The lowest BCUT2D eigenvalue weighted by Crippen LogP contribution is -1.86. The van der Waals surface area contributed by atoms with Gasteiger partial charge in [0.05, 0.1) is 0 Å². The van der Waals surface area contributed by atoms with E-state index in [9.17, 15) is 4.79 Å². The minimum absolute atomic E-state index is 0.494. The van der Waals surface area contributed by atoms with E-state index in [0.29, 0.717) is 17.3 Å². The molecule has 0 bridgehead atoms. The van der Waals surface area contributed by atoms with Crippen LogP contribution >= 0.6 is 0 Å². The monoisotopic (exact) mass is 229 g/mol. The fraction of sp³-hybridized carbons (Fsp3) is 0.0769. The molecule has 0 saturated heterocycles. The average Bonchev–Trinajstić information content (AvgIpc) is 2.69. The van der Waals surface area contributed by atoms with Gasteiger partial charge in [-0.3, -0.25) is 0 Å². The number of carbonyl (C=O) groups is 1. The Morgan fingerprint density at radius 3 is 2.71 bits per heavy atom. The summed E-state index contributed by atoms with van der Waals surface area (Å²) in [5, 5.41) is 8.54. The molecule has 0 aliphatic heterocycles. The molecule has 0 atom stereocenters. The van der Waals surface area contributed by atoms with Gasteiger partial charge in [-0.15, -0.1) is 0 Å². The molecule has 0 aliphatic rings. The third kappa shape index (κ3) is 2.60. The Bertz CT molecular complexity index is 555. The van der Waals surface area contributed by atoms with Gasteiger partial charge in [0.25, 0.3) is 0 Å². The van der Waals surface area contributed by atoms with Gasteiger partial charge in [0.15, 0.2) is 0 Å². The van der Waals surface area contributed by atoms with Crippen LogP contribution in [0.15, 0.2) is 40.8 Å². The third-order valence-electron chi connectivity index (χ3n) is 2.24. The largest absolute Gasteiger partial charge is 0.478 e. The second-order valence-electron chi connectivity index (χ2n) is 3.50. The van der Waals surface area contributed by atoms with E-state index in [4.69, 9.17) is 9.52 Å². The molecule has 0 fully saturated rings. The van der Waals surface area contributed by atoms with Gasteiger partial charge in [0.1, 0.15) is 11.5 Å². The zero-order chi connectivity index (χ0) is 12.3. The number of nitrogens with zero attached hydrogens (tertiary/aromatic N) is 1. The molecule has 4 heteroatoms. The lowest BCUT2D eigenvalue weighted by atomic mass is 10.2. The van der Waals surface area contributed by atoms with Crippen molar-refractivity contribution < 1.29 is 14.3 Å². The van der Waals surface area contributed by atoms with Crippen LogP contribution in [0.1, 0.15) is 11.5 Å². The number of carboxylic acids is 1. The zero-order valence-corrected chi connectivity index (χ0v) is 9.25. The van der Waals surface area contributed by atoms with E-state index in [-0.39, 0.29) is 0 Å². The van der Waals surface area contributed by atoms with Crippen LogP contribution in [-0.4, -0.2) is 16.1 Å². The average molecular weight is 229 g/mol. The first-order valence-corrected chi connectivity index (χ1v) is 5.10. The van der Waals surface area contributed by atoms with Gasteiger partial charge in [-0.2, -0.15) is 0 Å². The van der Waals surface area contributed by atoms with Gasteiger partial charge >= 0.3 is 5.97 Å². The second kappa shape index (κ2) is 4.65. The molecule has 86 valence electrons. The fourth-order valence-corrected chi connectivity index (χ4v) is 1.42. The van der Waals surface area contributed by atoms with Crippen LogP contribution in [0.5, 0.6) is 0 Å². The van der Waals surface area contributed by atoms with Crippen LogP contribution in [0.3, 0.4) is 0 Å². The Labute approximate surface area is 98.2 Å². The summed E-state index contributed by atoms with van der Waals surface area (Å²) in [4.78, 5) is 14.7. The molecule has 1 aromatic carbocycles. The van der Waals surface area contributed by atoms with Crippen LogP contribution < -0.4 is 0 Å². The van der Waals surface area contributed by atoms with Gasteiger partial charge in [-0.05, 0) is 25.1 Å². The van der Waals surface area contributed by atoms with E-state index < -0.39 is 5.97 Å². The highest BCUT2D eigenvalue weighted by molar-refractivity contribution is 5.85. The van der Waals surface area contributed by atoms with Crippen LogP contribution in [0.2, 0.25) is 0 Å². The summed E-state index contributed by atoms with van der Waals surface area (Å²) in [7, 11) is 0. The van der Waals surface area contributed by atoms with Crippen LogP contribution in [-0.2, 0) is 4.79 Å². The van der Waals surface area contributed by atoms with E-state index >= 15 is 0 Å². The van der Waals surface area contributed by atoms with Crippen molar-refractivity contribution in [3.05, 3.63) is 47.9 Å². The standard InChI is InChI=1S/C13H11NO3/c1-9-11(7-8-12(15)16)14-13(17-9)10-5-3-2-4-6-10/h2-8H,1H3,(H,15,16). The minimum atomic E-state index is -1.01. The van der Waals surface area contributed by atoms with Crippen molar-refractivity contribution in [1.29, 1.82) is 0 Å². The lowest BCUT2D eigenvalue weighted by molar-refractivity contribution is -0.131. The summed E-state index contributed by atoms with van der Waals surface area (Å²) in [6.07, 6.45) is 2.47. The molecule has 2 aromatic rings. The predicted molar refractivity (Wildman–Crippen MR) is 63.3 cm³/mol. The predicted octanol–water partition coefficient (Wildman–Crippen LogP) is 2.75. The molecule has 1 heterocycles. The van der Waals surface area contributed by atoms with E-state index in [1.165, 1.54) is 6.08 Å². The Kier molecular flexibility index (Phi) is 3.05. The fourth-order valence-electron chi connectivity index (χ4n) is 1.42. The highest BCUT2D eigenvalue weighted by Crippen LogP contribution is 2.21. The number of rotatable bonds is 3. The molecule has 2 rings (SSSR count). The molecular formula is C13H11NO3. The van der Waals surface area contributed by atoms with E-state index in [1.807, 2.05) is 30.3 Å². The molecular weight excluding hydrogens is 218 g/mol. The Morgan fingerprint density at radius 2 is 2.06 bits per heavy atom. The third-order valence-corrected chi connectivity index (χ3v) is 2.24. The molecule has 0 radical (unpaired) electrons. The first-order chi connectivity index (χ1) is 8.16. The summed E-state index contributed by atoms with van der Waals surface area (Å²) in [5.74, 6) is 0.0863. The normalized spacial score (nSPS) is 10.9. The van der Waals surface area contributed by atoms with E-state index in [0.717, 1.165) is 11.6 Å². The van der Waals surface area contributed by atoms with Crippen LogP contribution in [0, 0.1) is 6.92 Å². The summed E-state index contributed by atoms with van der Waals surface area (Å²) >= 11 is 0. The molecule has 1 aromatic heterocycles. The van der Waals surface area contributed by atoms with E-state index in [1.54, 1.807) is 6.92 Å². The maximum absolute atomic E-state index is 10.4. The first kappa shape index (κ1) is 11.1. The molecule has 0 spiro atoms. The lowest BCUT2D eigenvalue weighted by Gasteiger charge is -1.91. The number of hydrogen-bond acceptors (Lipinski definition) is 3. The van der Waals surface area contributed by atoms with Crippen molar-refractivity contribution >= 4 is 12.0 Å². The molecule has 0 unspecified atom stereocenters. The van der Waals surface area contributed by atoms with Gasteiger partial charge < -0.3 is 9.52 Å². The van der Waals surface area contributed by atoms with Crippen molar-refractivity contribution in [3.8, 4) is 11.5 Å². The maximum Gasteiger partial charge on any atom is 0.328 e. The maximum atomic E-state index is 10.4. The highest BCUT2D eigenvalue weighted by atomic mass is 16.4. The van der Waals surface area contributed by atoms with Gasteiger partial charge in [0.2, 0.25) is 5.89 Å². The Balaban J connectivity index is 2.34. The Hall–Kier alpha value is -2.36. The second-order valence-corrected chi connectivity index (χ2v) is 3.50. The topological polar surface area (TPSA) is 63.3 Å². The van der Waals surface area contributed by atoms with Crippen molar-refractivity contribution in [2.75, 3.05) is 0 Å². The molecule has 1 N–H and O–H groups in total. The van der Waals surface area contributed by atoms with Gasteiger partial charge in [0, 0.05) is 11.6 Å². The summed E-state index contributed by atoms with van der Waals surface area (Å²) in [6, 6.07) is 9.46. The number of carboxylic acid groups (broad SMARTS) is 1. The SMILES string of the molecule is Cc1oc(-c2ccccc2)nc1C=CC(=O)O. The van der Waals surface area contributed by atoms with Crippen LogP contribution in [0.4, 0.5) is 0 Å². The highest BCUT2D eigenvalue weighted by Gasteiger charge is 2.08. The van der Waals surface area contributed by atoms with E-state index in [2.05, 4.69) is 4.98 Å². The van der Waals surface area contributed by atoms with Gasteiger partial charge in [-0.1, -0.05) is 18.2 Å². The van der Waals surface area contributed by atoms with Crippen LogP contribution in [0.25, 0.3) is 17.5 Å². The molecule has 0 saturated carbocycles.